The lowest BCUT2D eigenvalue weighted by Crippen LogP contribution is -1.97. The second kappa shape index (κ2) is 12.7. The zero-order chi connectivity index (χ0) is 34.4. The van der Waals surface area contributed by atoms with Crippen molar-refractivity contribution in [3.8, 4) is 72.7 Å². The van der Waals surface area contributed by atoms with E-state index < -0.39 is 0 Å². The van der Waals surface area contributed by atoms with E-state index in [0.717, 1.165) is 39.2 Å². The van der Waals surface area contributed by atoms with Crippen LogP contribution in [0.5, 0.6) is 0 Å². The molecule has 1 aliphatic rings. The molecule has 9 aromatic rings. The van der Waals surface area contributed by atoms with E-state index in [2.05, 4.69) is 199 Å². The van der Waals surface area contributed by atoms with Gasteiger partial charge in [0.2, 0.25) is 0 Å². The van der Waals surface area contributed by atoms with E-state index in [0.29, 0.717) is 0 Å². The third kappa shape index (κ3) is 5.17. The summed E-state index contributed by atoms with van der Waals surface area (Å²) < 4.78 is 2.27. The standard InChI is InChI=1S/C49H32N2S/c1-3-15-33(16-4-1)49-50-45-32-35(28-30-46(45)51(49)36-17-5-2-6-18-36)34-27-29-41-39-21-8-7-19-37(39)38-20-9-10-22-40(38)42-23-11-13-25-47(42)52-48-26-14-12-24-43(48)44(41)31-34/h1-32H. The molecule has 0 atom stereocenters. The van der Waals surface area contributed by atoms with Gasteiger partial charge in [0.25, 0.3) is 0 Å². The number of fused-ring (bicyclic) bond motifs is 10. The van der Waals surface area contributed by atoms with E-state index in [1.54, 1.807) is 0 Å². The molecule has 0 saturated heterocycles. The van der Waals surface area contributed by atoms with Crippen molar-refractivity contribution in [1.82, 2.24) is 9.55 Å². The summed E-state index contributed by atoms with van der Waals surface area (Å²) in [5.74, 6) is 0.934. The lowest BCUT2D eigenvalue weighted by Gasteiger charge is -2.18. The molecule has 0 radical (unpaired) electrons. The van der Waals surface area contributed by atoms with Crippen LogP contribution in [0, 0.1) is 0 Å². The van der Waals surface area contributed by atoms with E-state index in [9.17, 15) is 0 Å². The quantitative estimate of drug-likeness (QED) is 0.185. The van der Waals surface area contributed by atoms with Crippen LogP contribution in [0.3, 0.4) is 0 Å². The molecule has 0 amide bonds. The molecule has 2 nitrogen and oxygen atoms in total. The van der Waals surface area contributed by atoms with Gasteiger partial charge in [-0.15, -0.1) is 0 Å². The first-order chi connectivity index (χ1) is 25.8. The van der Waals surface area contributed by atoms with Gasteiger partial charge in [-0.25, -0.2) is 4.98 Å². The predicted molar refractivity (Wildman–Crippen MR) is 218 cm³/mol. The fourth-order valence-electron chi connectivity index (χ4n) is 7.64. The first-order valence-corrected chi connectivity index (χ1v) is 18.4. The Morgan fingerprint density at radius 2 is 0.808 bits per heavy atom. The smallest absolute Gasteiger partial charge is 0.145 e. The van der Waals surface area contributed by atoms with Crippen molar-refractivity contribution >= 4 is 22.8 Å². The Balaban J connectivity index is 1.20. The molecule has 3 heteroatoms. The molecule has 0 saturated carbocycles. The molecule has 0 aliphatic carbocycles. The number of nitrogens with zero attached hydrogens (tertiary/aromatic N) is 2. The van der Waals surface area contributed by atoms with Crippen LogP contribution in [0.4, 0.5) is 0 Å². The van der Waals surface area contributed by atoms with E-state index in [1.165, 1.54) is 54.3 Å². The lowest BCUT2D eigenvalue weighted by atomic mass is 9.85. The molecule has 0 spiro atoms. The summed E-state index contributed by atoms with van der Waals surface area (Å²) in [6.07, 6.45) is 0. The first kappa shape index (κ1) is 30.4. The van der Waals surface area contributed by atoms with Crippen molar-refractivity contribution in [2.24, 2.45) is 0 Å². The molecule has 1 aromatic heterocycles. The predicted octanol–water partition coefficient (Wildman–Crippen LogP) is 13.5. The van der Waals surface area contributed by atoms with Gasteiger partial charge in [-0.05, 0) is 98.1 Å². The number of para-hydroxylation sites is 1. The van der Waals surface area contributed by atoms with Crippen molar-refractivity contribution in [2.45, 2.75) is 9.79 Å². The highest BCUT2D eigenvalue weighted by molar-refractivity contribution is 7.99. The molecular formula is C49H32N2S. The highest BCUT2D eigenvalue weighted by Crippen LogP contribution is 2.49. The number of aromatic nitrogens is 2. The van der Waals surface area contributed by atoms with Crippen LogP contribution >= 0.6 is 11.8 Å². The fourth-order valence-corrected chi connectivity index (χ4v) is 8.75. The Morgan fingerprint density at radius 1 is 0.346 bits per heavy atom. The monoisotopic (exact) mass is 680 g/mol. The molecule has 8 aromatic carbocycles. The summed E-state index contributed by atoms with van der Waals surface area (Å²) in [6, 6.07) is 70.0. The van der Waals surface area contributed by atoms with Crippen LogP contribution in [0.2, 0.25) is 0 Å². The van der Waals surface area contributed by atoms with Crippen molar-refractivity contribution in [3.05, 3.63) is 194 Å². The molecule has 10 rings (SSSR count). The minimum atomic E-state index is 0.934. The van der Waals surface area contributed by atoms with Crippen molar-refractivity contribution in [1.29, 1.82) is 0 Å². The van der Waals surface area contributed by atoms with Crippen LogP contribution in [0.1, 0.15) is 0 Å². The van der Waals surface area contributed by atoms with E-state index in [4.69, 9.17) is 4.98 Å². The minimum Gasteiger partial charge on any atom is -0.292 e. The maximum atomic E-state index is 5.26. The summed E-state index contributed by atoms with van der Waals surface area (Å²) in [6.45, 7) is 0. The maximum absolute atomic E-state index is 5.26. The molecule has 1 aliphatic heterocycles. The van der Waals surface area contributed by atoms with Crippen LogP contribution in [-0.2, 0) is 0 Å². The highest BCUT2D eigenvalue weighted by Gasteiger charge is 2.22. The summed E-state index contributed by atoms with van der Waals surface area (Å²) in [7, 11) is 0. The summed E-state index contributed by atoms with van der Waals surface area (Å²) in [5, 5.41) is 0. The number of imidazole rings is 1. The van der Waals surface area contributed by atoms with Gasteiger partial charge < -0.3 is 0 Å². The Morgan fingerprint density at radius 3 is 1.44 bits per heavy atom. The van der Waals surface area contributed by atoms with Crippen LogP contribution in [0.15, 0.2) is 204 Å². The molecule has 0 fully saturated rings. The molecule has 52 heavy (non-hydrogen) atoms. The maximum Gasteiger partial charge on any atom is 0.145 e. The minimum absolute atomic E-state index is 0.934. The highest BCUT2D eigenvalue weighted by atomic mass is 32.2. The molecule has 244 valence electrons. The van der Waals surface area contributed by atoms with E-state index in [-0.39, 0.29) is 0 Å². The van der Waals surface area contributed by atoms with Gasteiger partial charge in [-0.1, -0.05) is 163 Å². The topological polar surface area (TPSA) is 17.8 Å². The Kier molecular flexibility index (Phi) is 7.44. The molecular weight excluding hydrogens is 649 g/mol. The Hall–Kier alpha value is -6.42. The van der Waals surface area contributed by atoms with E-state index >= 15 is 0 Å². The SMILES string of the molecule is c1ccc(-c2nc3cc(-c4ccc5c(c4)-c4ccccc4Sc4ccccc4-c4ccccc4-c4ccccc4-5)ccc3n2-c2ccccc2)cc1. The Bertz CT molecular complexity index is 2760. The van der Waals surface area contributed by atoms with Gasteiger partial charge in [0.1, 0.15) is 5.82 Å². The molecule has 0 unspecified atom stereocenters. The molecule has 2 heterocycles. The van der Waals surface area contributed by atoms with Gasteiger partial charge in [0.15, 0.2) is 0 Å². The normalized spacial score (nSPS) is 11.8. The number of benzene rings is 8. The van der Waals surface area contributed by atoms with Gasteiger partial charge in [0, 0.05) is 21.0 Å². The zero-order valence-corrected chi connectivity index (χ0v) is 29.1. The molecule has 0 bridgehead atoms. The first-order valence-electron chi connectivity index (χ1n) is 17.6. The summed E-state index contributed by atoms with van der Waals surface area (Å²) >= 11 is 1.85. The lowest BCUT2D eigenvalue weighted by molar-refractivity contribution is 1.10. The van der Waals surface area contributed by atoms with Crippen LogP contribution in [-0.4, -0.2) is 9.55 Å². The Labute approximate surface area is 307 Å². The second-order valence-corrected chi connectivity index (χ2v) is 14.2. The van der Waals surface area contributed by atoms with E-state index in [1.807, 2.05) is 11.8 Å². The van der Waals surface area contributed by atoms with Crippen molar-refractivity contribution in [2.75, 3.05) is 0 Å². The summed E-state index contributed by atoms with van der Waals surface area (Å²) in [5.41, 5.74) is 16.4. The average Bonchev–Trinajstić information content (AvgIpc) is 3.60. The van der Waals surface area contributed by atoms with Gasteiger partial charge in [-0.2, -0.15) is 0 Å². The second-order valence-electron chi connectivity index (χ2n) is 13.1. The van der Waals surface area contributed by atoms with Crippen molar-refractivity contribution in [3.63, 3.8) is 0 Å². The van der Waals surface area contributed by atoms with Crippen LogP contribution in [0.25, 0.3) is 83.7 Å². The zero-order valence-electron chi connectivity index (χ0n) is 28.3. The molecule has 0 N–H and O–H groups in total. The number of rotatable bonds is 3. The van der Waals surface area contributed by atoms with Crippen LogP contribution < -0.4 is 0 Å². The van der Waals surface area contributed by atoms with Gasteiger partial charge >= 0.3 is 0 Å². The number of hydrogen-bond donors (Lipinski definition) is 0. The average molecular weight is 681 g/mol. The third-order valence-electron chi connectivity index (χ3n) is 10.1. The van der Waals surface area contributed by atoms with Gasteiger partial charge in [0.05, 0.1) is 11.0 Å². The third-order valence-corrected chi connectivity index (χ3v) is 11.2. The van der Waals surface area contributed by atoms with Gasteiger partial charge in [-0.3, -0.25) is 4.57 Å². The number of hydrogen-bond acceptors (Lipinski definition) is 2. The summed E-state index contributed by atoms with van der Waals surface area (Å²) in [4.78, 5) is 7.74. The van der Waals surface area contributed by atoms with Crippen molar-refractivity contribution < 1.29 is 0 Å². The fraction of sp³-hybridized carbons (Fsp3) is 0. The largest absolute Gasteiger partial charge is 0.292 e.